The first-order chi connectivity index (χ1) is 7.04. The standard InChI is InChI=1S/C9H10BrNO3S/c10-7-2-1-3-8-9(7)11-6(4-12)5-15(8,13)14/h1-3,6,11-12H,4-5H2. The van der Waals surface area contributed by atoms with Crippen LogP contribution in [-0.4, -0.2) is 31.9 Å². The molecule has 2 rings (SSSR count). The summed E-state index contributed by atoms with van der Waals surface area (Å²) in [7, 11) is -3.28. The van der Waals surface area contributed by atoms with Gasteiger partial charge in [-0.1, -0.05) is 6.07 Å². The highest BCUT2D eigenvalue weighted by atomic mass is 79.9. The fourth-order valence-corrected chi connectivity index (χ4v) is 3.88. The third-order valence-electron chi connectivity index (χ3n) is 2.30. The second-order valence-electron chi connectivity index (χ2n) is 3.42. The van der Waals surface area contributed by atoms with Crippen molar-refractivity contribution < 1.29 is 13.5 Å². The summed E-state index contributed by atoms with van der Waals surface area (Å²) in [6, 6.07) is 4.58. The summed E-state index contributed by atoms with van der Waals surface area (Å²) in [5.74, 6) is -0.0625. The lowest BCUT2D eigenvalue weighted by Gasteiger charge is -2.26. The molecule has 0 aliphatic carbocycles. The molecule has 1 aliphatic heterocycles. The van der Waals surface area contributed by atoms with Crippen LogP contribution in [0.15, 0.2) is 27.6 Å². The zero-order chi connectivity index (χ0) is 11.1. The molecule has 6 heteroatoms. The zero-order valence-corrected chi connectivity index (χ0v) is 10.2. The number of hydrogen-bond acceptors (Lipinski definition) is 4. The van der Waals surface area contributed by atoms with Gasteiger partial charge in [0.25, 0.3) is 0 Å². The van der Waals surface area contributed by atoms with Gasteiger partial charge in [0.1, 0.15) is 0 Å². The van der Waals surface area contributed by atoms with Crippen LogP contribution in [-0.2, 0) is 9.84 Å². The minimum Gasteiger partial charge on any atom is -0.394 e. The fraction of sp³-hybridized carbons (Fsp3) is 0.333. The van der Waals surface area contributed by atoms with Crippen molar-refractivity contribution in [1.82, 2.24) is 0 Å². The van der Waals surface area contributed by atoms with Crippen LogP contribution in [0.25, 0.3) is 0 Å². The van der Waals surface area contributed by atoms with E-state index in [1.165, 1.54) is 0 Å². The number of sulfone groups is 1. The Hall–Kier alpha value is -0.590. The van der Waals surface area contributed by atoms with Gasteiger partial charge in [0.2, 0.25) is 0 Å². The first-order valence-corrected chi connectivity index (χ1v) is 6.88. The van der Waals surface area contributed by atoms with E-state index >= 15 is 0 Å². The van der Waals surface area contributed by atoms with E-state index in [2.05, 4.69) is 21.2 Å². The lowest BCUT2D eigenvalue weighted by Crippen LogP contribution is -2.37. The third kappa shape index (κ3) is 1.89. The molecule has 1 aromatic carbocycles. The van der Waals surface area contributed by atoms with Gasteiger partial charge in [-0.25, -0.2) is 8.42 Å². The van der Waals surface area contributed by atoms with Crippen molar-refractivity contribution in [3.8, 4) is 0 Å². The maximum atomic E-state index is 11.8. The van der Waals surface area contributed by atoms with Gasteiger partial charge in [-0.15, -0.1) is 0 Å². The highest BCUT2D eigenvalue weighted by Gasteiger charge is 2.30. The Morgan fingerprint density at radius 1 is 1.53 bits per heavy atom. The molecule has 1 aliphatic rings. The number of para-hydroxylation sites is 1. The van der Waals surface area contributed by atoms with Crippen LogP contribution in [0.4, 0.5) is 5.69 Å². The van der Waals surface area contributed by atoms with E-state index in [-0.39, 0.29) is 12.4 Å². The van der Waals surface area contributed by atoms with Gasteiger partial charge >= 0.3 is 0 Å². The van der Waals surface area contributed by atoms with Crippen LogP contribution in [0, 0.1) is 0 Å². The molecule has 1 heterocycles. The fourth-order valence-electron chi connectivity index (χ4n) is 1.60. The van der Waals surface area contributed by atoms with Crippen molar-refractivity contribution >= 4 is 31.5 Å². The molecule has 0 radical (unpaired) electrons. The number of rotatable bonds is 1. The lowest BCUT2D eigenvalue weighted by molar-refractivity contribution is 0.281. The molecule has 0 bridgehead atoms. The minimum atomic E-state index is -3.28. The van der Waals surface area contributed by atoms with Crippen LogP contribution >= 0.6 is 15.9 Å². The third-order valence-corrected chi connectivity index (χ3v) is 4.81. The molecule has 0 saturated heterocycles. The lowest BCUT2D eigenvalue weighted by atomic mass is 10.2. The number of aliphatic hydroxyl groups is 1. The van der Waals surface area contributed by atoms with Gasteiger partial charge in [0, 0.05) is 4.47 Å². The molecule has 1 aromatic rings. The van der Waals surface area contributed by atoms with Gasteiger partial charge in [-0.3, -0.25) is 0 Å². The second kappa shape index (κ2) is 3.77. The van der Waals surface area contributed by atoms with Crippen molar-refractivity contribution in [2.45, 2.75) is 10.9 Å². The number of hydrogen-bond donors (Lipinski definition) is 2. The van der Waals surface area contributed by atoms with Gasteiger partial charge in [0.15, 0.2) is 9.84 Å². The number of anilines is 1. The van der Waals surface area contributed by atoms with Crippen molar-refractivity contribution in [3.05, 3.63) is 22.7 Å². The Morgan fingerprint density at radius 2 is 2.27 bits per heavy atom. The van der Waals surface area contributed by atoms with E-state index in [0.717, 1.165) is 0 Å². The molecule has 15 heavy (non-hydrogen) atoms. The predicted octanol–water partition coefficient (Wildman–Crippen LogP) is 1.01. The van der Waals surface area contributed by atoms with E-state index in [0.29, 0.717) is 15.1 Å². The largest absolute Gasteiger partial charge is 0.394 e. The Morgan fingerprint density at radius 3 is 2.93 bits per heavy atom. The number of halogens is 1. The Labute approximate surface area is 96.4 Å². The van der Waals surface area contributed by atoms with Crippen LogP contribution in [0.2, 0.25) is 0 Å². The smallest absolute Gasteiger partial charge is 0.182 e. The van der Waals surface area contributed by atoms with Gasteiger partial charge in [-0.2, -0.15) is 0 Å². The summed E-state index contributed by atoms with van der Waals surface area (Å²) in [4.78, 5) is 0.293. The molecular formula is C9H10BrNO3S. The van der Waals surface area contributed by atoms with E-state index in [1.807, 2.05) is 0 Å². The van der Waals surface area contributed by atoms with Gasteiger partial charge in [-0.05, 0) is 28.1 Å². The van der Waals surface area contributed by atoms with Crippen LogP contribution in [0.3, 0.4) is 0 Å². The van der Waals surface area contributed by atoms with Crippen LogP contribution in [0.1, 0.15) is 0 Å². The SMILES string of the molecule is O=S1(=O)CC(CO)Nc2c(Br)cccc21. The average Bonchev–Trinajstić information content (AvgIpc) is 2.18. The number of nitrogens with one attached hydrogen (secondary N) is 1. The molecule has 1 unspecified atom stereocenters. The van der Waals surface area contributed by atoms with Gasteiger partial charge in [0.05, 0.1) is 29.0 Å². The molecule has 0 spiro atoms. The van der Waals surface area contributed by atoms with E-state index in [1.54, 1.807) is 18.2 Å². The first-order valence-electron chi connectivity index (χ1n) is 4.43. The Bertz CT molecular complexity index is 486. The van der Waals surface area contributed by atoms with E-state index < -0.39 is 15.9 Å². The highest BCUT2D eigenvalue weighted by molar-refractivity contribution is 9.10. The second-order valence-corrected chi connectivity index (χ2v) is 6.28. The Kier molecular flexibility index (Phi) is 2.74. The topological polar surface area (TPSA) is 66.4 Å². The number of aliphatic hydroxyl groups excluding tert-OH is 1. The summed E-state index contributed by atoms with van der Waals surface area (Å²) in [5, 5.41) is 12.0. The summed E-state index contributed by atoms with van der Waals surface area (Å²) in [6.45, 7) is -0.194. The van der Waals surface area contributed by atoms with Crippen LogP contribution in [0.5, 0.6) is 0 Å². The molecule has 0 amide bonds. The molecule has 4 nitrogen and oxygen atoms in total. The maximum absolute atomic E-state index is 11.8. The monoisotopic (exact) mass is 291 g/mol. The molecule has 0 aromatic heterocycles. The average molecular weight is 292 g/mol. The molecule has 82 valence electrons. The highest BCUT2D eigenvalue weighted by Crippen LogP contribution is 2.34. The van der Waals surface area contributed by atoms with Crippen molar-refractivity contribution in [2.24, 2.45) is 0 Å². The summed E-state index contributed by atoms with van der Waals surface area (Å²) >= 11 is 3.28. The van der Waals surface area contributed by atoms with Crippen LogP contribution < -0.4 is 5.32 Å². The molecule has 0 saturated carbocycles. The van der Waals surface area contributed by atoms with Crippen molar-refractivity contribution in [2.75, 3.05) is 17.7 Å². The number of benzene rings is 1. The first kappa shape index (κ1) is 10.9. The maximum Gasteiger partial charge on any atom is 0.182 e. The Balaban J connectivity index is 2.60. The van der Waals surface area contributed by atoms with Crippen molar-refractivity contribution in [1.29, 1.82) is 0 Å². The summed E-state index contributed by atoms with van der Waals surface area (Å²) in [6.07, 6.45) is 0. The normalized spacial score (nSPS) is 22.9. The van der Waals surface area contributed by atoms with E-state index in [4.69, 9.17) is 5.11 Å². The van der Waals surface area contributed by atoms with E-state index in [9.17, 15) is 8.42 Å². The molecule has 0 fully saturated rings. The molecular weight excluding hydrogens is 282 g/mol. The quantitative estimate of drug-likeness (QED) is 0.810. The molecule has 1 atom stereocenters. The zero-order valence-electron chi connectivity index (χ0n) is 7.77. The number of fused-ring (bicyclic) bond motifs is 1. The minimum absolute atomic E-state index is 0.0625. The predicted molar refractivity (Wildman–Crippen MR) is 60.7 cm³/mol. The summed E-state index contributed by atoms with van der Waals surface area (Å²) < 4.78 is 24.3. The summed E-state index contributed by atoms with van der Waals surface area (Å²) in [5.41, 5.74) is 0.544. The van der Waals surface area contributed by atoms with Gasteiger partial charge < -0.3 is 10.4 Å². The molecule has 2 N–H and O–H groups in total. The van der Waals surface area contributed by atoms with Crippen molar-refractivity contribution in [3.63, 3.8) is 0 Å².